The van der Waals surface area contributed by atoms with Gasteiger partial charge in [-0.2, -0.15) is 26.3 Å². The SMILES string of the molecule is FC(F)(F)CCc1nc2c(c(C(F)(F)F)n1)CNC2. The van der Waals surface area contributed by atoms with Crippen molar-refractivity contribution in [3.8, 4) is 0 Å². The first kappa shape index (κ1) is 14.0. The molecule has 0 aliphatic carbocycles. The van der Waals surface area contributed by atoms with Crippen molar-refractivity contribution in [2.75, 3.05) is 0 Å². The first-order chi connectivity index (χ1) is 8.67. The molecule has 0 aromatic carbocycles. The van der Waals surface area contributed by atoms with E-state index in [4.69, 9.17) is 0 Å². The maximum Gasteiger partial charge on any atom is 0.433 e. The summed E-state index contributed by atoms with van der Waals surface area (Å²) in [4.78, 5) is 7.00. The summed E-state index contributed by atoms with van der Waals surface area (Å²) in [5.74, 6) is -0.424. The fraction of sp³-hybridized carbons (Fsp3) is 0.600. The predicted molar refractivity (Wildman–Crippen MR) is 52.0 cm³/mol. The normalized spacial score (nSPS) is 15.7. The van der Waals surface area contributed by atoms with E-state index in [0.29, 0.717) is 0 Å². The van der Waals surface area contributed by atoms with Gasteiger partial charge < -0.3 is 5.32 Å². The molecule has 1 aromatic heterocycles. The minimum Gasteiger partial charge on any atom is -0.307 e. The molecule has 2 heterocycles. The zero-order valence-corrected chi connectivity index (χ0v) is 9.49. The second-order valence-corrected chi connectivity index (χ2v) is 4.13. The van der Waals surface area contributed by atoms with Crippen molar-refractivity contribution in [1.29, 1.82) is 0 Å². The molecule has 1 aliphatic heterocycles. The summed E-state index contributed by atoms with van der Waals surface area (Å²) in [5, 5.41) is 2.68. The van der Waals surface area contributed by atoms with E-state index in [0.717, 1.165) is 0 Å². The van der Waals surface area contributed by atoms with Crippen molar-refractivity contribution in [1.82, 2.24) is 15.3 Å². The summed E-state index contributed by atoms with van der Waals surface area (Å²) in [5.41, 5.74) is -1.09. The molecule has 0 atom stereocenters. The molecule has 3 nitrogen and oxygen atoms in total. The van der Waals surface area contributed by atoms with Gasteiger partial charge >= 0.3 is 12.4 Å². The van der Waals surface area contributed by atoms with Crippen LogP contribution < -0.4 is 5.32 Å². The fourth-order valence-electron chi connectivity index (χ4n) is 1.82. The number of hydrogen-bond acceptors (Lipinski definition) is 3. The lowest BCUT2D eigenvalue weighted by atomic mass is 10.1. The zero-order chi connectivity index (χ0) is 14.3. The Balaban J connectivity index is 2.32. The molecule has 0 saturated carbocycles. The lowest BCUT2D eigenvalue weighted by Gasteiger charge is -2.12. The van der Waals surface area contributed by atoms with Crippen molar-refractivity contribution in [2.24, 2.45) is 0 Å². The second kappa shape index (κ2) is 4.62. The van der Waals surface area contributed by atoms with Gasteiger partial charge in [-0.3, -0.25) is 0 Å². The van der Waals surface area contributed by atoms with Gasteiger partial charge in [0.05, 0.1) is 12.1 Å². The van der Waals surface area contributed by atoms with Gasteiger partial charge in [0.15, 0.2) is 5.69 Å². The van der Waals surface area contributed by atoms with Crippen LogP contribution in [-0.2, 0) is 25.7 Å². The molecule has 0 fully saturated rings. The summed E-state index contributed by atoms with van der Waals surface area (Å²) in [6.45, 7) is 0.0870. The lowest BCUT2D eigenvalue weighted by molar-refractivity contribution is -0.142. The predicted octanol–water partition coefficient (Wildman–Crippen LogP) is 2.59. The van der Waals surface area contributed by atoms with E-state index in [1.165, 1.54) is 0 Å². The van der Waals surface area contributed by atoms with Crippen LogP contribution in [0.1, 0.15) is 29.2 Å². The molecule has 1 aliphatic rings. The Hall–Kier alpha value is -1.38. The number of rotatable bonds is 2. The van der Waals surface area contributed by atoms with Gasteiger partial charge in [-0.15, -0.1) is 0 Å². The molecular weight excluding hydrogens is 276 g/mol. The number of nitrogens with zero attached hydrogens (tertiary/aromatic N) is 2. The summed E-state index contributed by atoms with van der Waals surface area (Å²) in [7, 11) is 0. The first-order valence-electron chi connectivity index (χ1n) is 5.40. The Morgan fingerprint density at radius 2 is 1.68 bits per heavy atom. The number of aromatic nitrogens is 2. The summed E-state index contributed by atoms with van der Waals surface area (Å²) >= 11 is 0. The Bertz CT molecular complexity index is 479. The molecule has 0 saturated heterocycles. The van der Waals surface area contributed by atoms with Crippen LogP contribution in [0.15, 0.2) is 0 Å². The molecule has 19 heavy (non-hydrogen) atoms. The number of halogens is 6. The minimum absolute atomic E-state index is 0.0241. The number of nitrogens with one attached hydrogen (secondary N) is 1. The van der Waals surface area contributed by atoms with E-state index < -0.39 is 36.7 Å². The largest absolute Gasteiger partial charge is 0.433 e. The van der Waals surface area contributed by atoms with Gasteiger partial charge in [0.25, 0.3) is 0 Å². The molecule has 2 rings (SSSR count). The third kappa shape index (κ3) is 3.34. The molecule has 106 valence electrons. The fourth-order valence-corrected chi connectivity index (χ4v) is 1.82. The van der Waals surface area contributed by atoms with Gasteiger partial charge in [-0.1, -0.05) is 0 Å². The summed E-state index contributed by atoms with van der Waals surface area (Å²) < 4.78 is 74.5. The molecule has 0 bridgehead atoms. The monoisotopic (exact) mass is 285 g/mol. The van der Waals surface area contributed by atoms with Crippen molar-refractivity contribution < 1.29 is 26.3 Å². The Kier molecular flexibility index (Phi) is 3.41. The highest BCUT2D eigenvalue weighted by Crippen LogP contribution is 2.33. The van der Waals surface area contributed by atoms with Crippen LogP contribution in [0.4, 0.5) is 26.3 Å². The van der Waals surface area contributed by atoms with Gasteiger partial charge in [-0.25, -0.2) is 9.97 Å². The van der Waals surface area contributed by atoms with E-state index >= 15 is 0 Å². The summed E-state index contributed by atoms with van der Waals surface area (Å²) in [6.07, 6.45) is -11.0. The zero-order valence-electron chi connectivity index (χ0n) is 9.49. The highest BCUT2D eigenvalue weighted by atomic mass is 19.4. The maximum atomic E-state index is 12.8. The van der Waals surface area contributed by atoms with Crippen LogP contribution in [0.25, 0.3) is 0 Å². The molecule has 0 amide bonds. The van der Waals surface area contributed by atoms with Crippen LogP contribution in [0.3, 0.4) is 0 Å². The van der Waals surface area contributed by atoms with E-state index in [1.54, 1.807) is 0 Å². The average molecular weight is 285 g/mol. The van der Waals surface area contributed by atoms with Crippen LogP contribution in [0.2, 0.25) is 0 Å². The van der Waals surface area contributed by atoms with Gasteiger partial charge in [0.1, 0.15) is 5.82 Å². The van der Waals surface area contributed by atoms with Gasteiger partial charge in [-0.05, 0) is 0 Å². The number of fused-ring (bicyclic) bond motifs is 1. The van der Waals surface area contributed by atoms with E-state index in [2.05, 4.69) is 15.3 Å². The van der Waals surface area contributed by atoms with Crippen molar-refractivity contribution >= 4 is 0 Å². The van der Waals surface area contributed by atoms with Gasteiger partial charge in [0.2, 0.25) is 0 Å². The third-order valence-electron chi connectivity index (χ3n) is 2.63. The minimum atomic E-state index is -4.69. The van der Waals surface area contributed by atoms with Crippen molar-refractivity contribution in [3.05, 3.63) is 22.8 Å². The highest BCUT2D eigenvalue weighted by Gasteiger charge is 2.38. The second-order valence-electron chi connectivity index (χ2n) is 4.13. The number of aryl methyl sites for hydroxylation is 1. The summed E-state index contributed by atoms with van der Waals surface area (Å²) in [6, 6.07) is 0. The van der Waals surface area contributed by atoms with Crippen LogP contribution in [0.5, 0.6) is 0 Å². The van der Waals surface area contributed by atoms with E-state index in [1.807, 2.05) is 0 Å². The quantitative estimate of drug-likeness (QED) is 0.849. The van der Waals surface area contributed by atoms with E-state index in [9.17, 15) is 26.3 Å². The molecule has 0 unspecified atom stereocenters. The van der Waals surface area contributed by atoms with Crippen molar-refractivity contribution in [2.45, 2.75) is 38.3 Å². The third-order valence-corrected chi connectivity index (χ3v) is 2.63. The van der Waals surface area contributed by atoms with Gasteiger partial charge in [0, 0.05) is 25.1 Å². The number of alkyl halides is 6. The Labute approximate surface area is 104 Å². The molecule has 1 N–H and O–H groups in total. The number of hydrogen-bond donors (Lipinski definition) is 1. The molecule has 9 heteroatoms. The Morgan fingerprint density at radius 1 is 1.00 bits per heavy atom. The van der Waals surface area contributed by atoms with Crippen LogP contribution in [-0.4, -0.2) is 16.1 Å². The molecular formula is C10H9F6N3. The smallest absolute Gasteiger partial charge is 0.307 e. The van der Waals surface area contributed by atoms with Crippen LogP contribution in [0, 0.1) is 0 Å². The Morgan fingerprint density at radius 3 is 2.26 bits per heavy atom. The molecule has 1 aromatic rings. The van der Waals surface area contributed by atoms with Crippen LogP contribution >= 0.6 is 0 Å². The average Bonchev–Trinajstić information content (AvgIpc) is 2.70. The molecule has 0 spiro atoms. The highest BCUT2D eigenvalue weighted by molar-refractivity contribution is 5.31. The first-order valence-corrected chi connectivity index (χ1v) is 5.40. The molecule has 0 radical (unpaired) electrons. The van der Waals surface area contributed by atoms with E-state index in [-0.39, 0.29) is 24.3 Å². The topological polar surface area (TPSA) is 37.8 Å². The lowest BCUT2D eigenvalue weighted by Crippen LogP contribution is -2.17. The maximum absolute atomic E-state index is 12.8. The standard InChI is InChI=1S/C10H9F6N3/c11-9(12,13)2-1-7-18-6-4-17-3-5(6)8(19-7)10(14,15)16/h17H,1-4H2. The van der Waals surface area contributed by atoms with Crippen molar-refractivity contribution in [3.63, 3.8) is 0 Å².